The van der Waals surface area contributed by atoms with Gasteiger partial charge in [-0.25, -0.2) is 9.97 Å². The van der Waals surface area contributed by atoms with Crippen LogP contribution in [-0.4, -0.2) is 24.1 Å². The first-order valence-corrected chi connectivity index (χ1v) is 14.7. The van der Waals surface area contributed by atoms with Gasteiger partial charge in [-0.1, -0.05) is 97.1 Å². The van der Waals surface area contributed by atoms with Gasteiger partial charge in [-0.15, -0.1) is 0 Å². The highest BCUT2D eigenvalue weighted by molar-refractivity contribution is 6.10. The fourth-order valence-electron chi connectivity index (χ4n) is 6.44. The summed E-state index contributed by atoms with van der Waals surface area (Å²) in [5.74, 6) is 0.621. The summed E-state index contributed by atoms with van der Waals surface area (Å²) >= 11 is 0. The first kappa shape index (κ1) is 24.5. The molecule has 4 aromatic heterocycles. The van der Waals surface area contributed by atoms with Gasteiger partial charge in [0.2, 0.25) is 5.95 Å². The van der Waals surface area contributed by atoms with Crippen molar-refractivity contribution in [1.29, 1.82) is 0 Å². The number of para-hydroxylation sites is 3. The Hall–Kier alpha value is -6.07. The highest BCUT2D eigenvalue weighted by Gasteiger charge is 2.16. The molecule has 0 aliphatic rings. The molecule has 0 aliphatic heterocycles. The van der Waals surface area contributed by atoms with E-state index in [2.05, 4.69) is 124 Å². The number of rotatable bonds is 4. The van der Waals surface area contributed by atoms with E-state index >= 15 is 0 Å². The number of hydrogen-bond acceptors (Lipinski definition) is 3. The Kier molecular flexibility index (Phi) is 5.43. The lowest BCUT2D eigenvalue weighted by molar-refractivity contribution is 0.987. The molecule has 0 amide bonds. The van der Waals surface area contributed by atoms with Crippen molar-refractivity contribution < 1.29 is 0 Å². The zero-order chi connectivity index (χ0) is 29.0. The Morgan fingerprint density at radius 1 is 0.364 bits per heavy atom. The SMILES string of the molecule is c1ccc(-c2cc3c4ccccc4n(-c4ncc(-c5ccc(-n6c7ccccc7c7ccccc76)cc5)cn4)c3cn2)cc1. The maximum Gasteiger partial charge on any atom is 0.234 e. The van der Waals surface area contributed by atoms with Crippen LogP contribution in [0.1, 0.15) is 0 Å². The van der Waals surface area contributed by atoms with Crippen LogP contribution < -0.4 is 0 Å². The van der Waals surface area contributed by atoms with E-state index in [0.29, 0.717) is 5.95 Å². The second-order valence-corrected chi connectivity index (χ2v) is 11.0. The summed E-state index contributed by atoms with van der Waals surface area (Å²) in [6.45, 7) is 0. The van der Waals surface area contributed by atoms with Gasteiger partial charge in [-0.05, 0) is 42.0 Å². The number of hydrogen-bond donors (Lipinski definition) is 0. The normalized spacial score (nSPS) is 11.6. The molecule has 5 aromatic carbocycles. The summed E-state index contributed by atoms with van der Waals surface area (Å²) in [6.07, 6.45) is 5.75. The first-order chi connectivity index (χ1) is 21.8. The molecular weight excluding hydrogens is 538 g/mol. The summed E-state index contributed by atoms with van der Waals surface area (Å²) in [6, 6.07) is 46.6. The Bertz CT molecular complexity index is 2420. The van der Waals surface area contributed by atoms with Gasteiger partial charge in [0.1, 0.15) is 0 Å². The topological polar surface area (TPSA) is 48.5 Å². The fraction of sp³-hybridized carbons (Fsp3) is 0. The Morgan fingerprint density at radius 2 is 0.909 bits per heavy atom. The van der Waals surface area contributed by atoms with Crippen LogP contribution in [0.5, 0.6) is 0 Å². The van der Waals surface area contributed by atoms with Gasteiger partial charge in [0.15, 0.2) is 0 Å². The third-order valence-corrected chi connectivity index (χ3v) is 8.51. The van der Waals surface area contributed by atoms with E-state index in [0.717, 1.165) is 49.9 Å². The molecule has 0 spiro atoms. The minimum Gasteiger partial charge on any atom is -0.309 e. The highest BCUT2D eigenvalue weighted by atomic mass is 15.2. The second-order valence-electron chi connectivity index (χ2n) is 11.0. The van der Waals surface area contributed by atoms with Gasteiger partial charge in [-0.2, -0.15) is 0 Å². The fourth-order valence-corrected chi connectivity index (χ4v) is 6.44. The smallest absolute Gasteiger partial charge is 0.234 e. The molecular formula is C39H25N5. The maximum atomic E-state index is 4.85. The summed E-state index contributed by atoms with van der Waals surface area (Å²) in [5.41, 5.74) is 9.63. The Morgan fingerprint density at radius 3 is 1.55 bits per heavy atom. The zero-order valence-electron chi connectivity index (χ0n) is 23.7. The average molecular weight is 564 g/mol. The van der Waals surface area contributed by atoms with Crippen LogP contribution >= 0.6 is 0 Å². The van der Waals surface area contributed by atoms with E-state index in [1.165, 1.54) is 21.8 Å². The molecule has 4 heterocycles. The predicted molar refractivity (Wildman–Crippen MR) is 179 cm³/mol. The summed E-state index contributed by atoms with van der Waals surface area (Å²) in [4.78, 5) is 14.5. The molecule has 0 aliphatic carbocycles. The van der Waals surface area contributed by atoms with Crippen LogP contribution in [0.4, 0.5) is 0 Å². The molecule has 44 heavy (non-hydrogen) atoms. The predicted octanol–water partition coefficient (Wildman–Crippen LogP) is 9.40. The van der Waals surface area contributed by atoms with Gasteiger partial charge >= 0.3 is 0 Å². The van der Waals surface area contributed by atoms with Crippen molar-refractivity contribution in [3.63, 3.8) is 0 Å². The summed E-state index contributed by atoms with van der Waals surface area (Å²) in [7, 11) is 0. The lowest BCUT2D eigenvalue weighted by Gasteiger charge is -2.10. The van der Waals surface area contributed by atoms with E-state index in [1.54, 1.807) is 0 Å². The first-order valence-electron chi connectivity index (χ1n) is 14.7. The zero-order valence-corrected chi connectivity index (χ0v) is 23.7. The van der Waals surface area contributed by atoms with E-state index in [1.807, 2.05) is 36.8 Å². The molecule has 0 bridgehead atoms. The lowest BCUT2D eigenvalue weighted by Crippen LogP contribution is -2.01. The van der Waals surface area contributed by atoms with Crippen LogP contribution in [0.2, 0.25) is 0 Å². The molecule has 0 fully saturated rings. The number of fused-ring (bicyclic) bond motifs is 6. The van der Waals surface area contributed by atoms with Crippen LogP contribution in [0.15, 0.2) is 152 Å². The van der Waals surface area contributed by atoms with Gasteiger partial charge in [0, 0.05) is 50.8 Å². The van der Waals surface area contributed by atoms with Crippen LogP contribution in [0.25, 0.3) is 77.6 Å². The van der Waals surface area contributed by atoms with Crippen molar-refractivity contribution in [2.45, 2.75) is 0 Å². The second kappa shape index (κ2) is 9.75. The number of pyridine rings is 1. The van der Waals surface area contributed by atoms with Crippen molar-refractivity contribution in [3.8, 4) is 34.0 Å². The molecule has 0 radical (unpaired) electrons. The van der Waals surface area contributed by atoms with E-state index in [-0.39, 0.29) is 0 Å². The molecule has 206 valence electrons. The monoisotopic (exact) mass is 563 g/mol. The summed E-state index contributed by atoms with van der Waals surface area (Å²) < 4.78 is 4.43. The molecule has 9 aromatic rings. The molecule has 9 rings (SSSR count). The molecule has 0 saturated carbocycles. The van der Waals surface area contributed by atoms with Gasteiger partial charge in [0.25, 0.3) is 0 Å². The third-order valence-electron chi connectivity index (χ3n) is 8.51. The molecule has 0 N–H and O–H groups in total. The third kappa shape index (κ3) is 3.76. The van der Waals surface area contributed by atoms with Crippen molar-refractivity contribution in [2.75, 3.05) is 0 Å². The number of benzene rings is 5. The number of aromatic nitrogens is 5. The molecule has 5 nitrogen and oxygen atoms in total. The maximum absolute atomic E-state index is 4.85. The van der Waals surface area contributed by atoms with Crippen LogP contribution in [0.3, 0.4) is 0 Å². The van der Waals surface area contributed by atoms with Crippen molar-refractivity contribution in [3.05, 3.63) is 152 Å². The molecule has 0 saturated heterocycles. The Balaban J connectivity index is 1.10. The van der Waals surface area contributed by atoms with Crippen LogP contribution in [-0.2, 0) is 0 Å². The quantitative estimate of drug-likeness (QED) is 0.214. The summed E-state index contributed by atoms with van der Waals surface area (Å²) in [5, 5.41) is 4.79. The van der Waals surface area contributed by atoms with Crippen molar-refractivity contribution in [1.82, 2.24) is 24.1 Å². The molecule has 0 unspecified atom stereocenters. The lowest BCUT2D eigenvalue weighted by atomic mass is 10.1. The Labute approximate surface area is 253 Å². The average Bonchev–Trinajstić information content (AvgIpc) is 3.62. The van der Waals surface area contributed by atoms with E-state index in [4.69, 9.17) is 15.0 Å². The largest absolute Gasteiger partial charge is 0.309 e. The minimum absolute atomic E-state index is 0.621. The molecule has 0 atom stereocenters. The van der Waals surface area contributed by atoms with Gasteiger partial charge in [0.05, 0.1) is 34.0 Å². The van der Waals surface area contributed by atoms with Crippen molar-refractivity contribution >= 4 is 43.6 Å². The van der Waals surface area contributed by atoms with Gasteiger partial charge in [-0.3, -0.25) is 9.55 Å². The van der Waals surface area contributed by atoms with Crippen LogP contribution in [0, 0.1) is 0 Å². The number of nitrogens with zero attached hydrogens (tertiary/aromatic N) is 5. The molecule has 5 heteroatoms. The van der Waals surface area contributed by atoms with Crippen molar-refractivity contribution in [2.24, 2.45) is 0 Å². The van der Waals surface area contributed by atoms with E-state index < -0.39 is 0 Å². The standard InChI is InChI=1S/C39H25N5/c1-2-10-27(11-3-1)34-22-33-32-14-6-9-17-37(32)44(38(33)25-40-34)39-41-23-28(24-42-39)26-18-20-29(21-19-26)43-35-15-7-4-12-30(35)31-13-5-8-16-36(31)43/h1-25H. The highest BCUT2D eigenvalue weighted by Crippen LogP contribution is 2.34. The van der Waals surface area contributed by atoms with Gasteiger partial charge < -0.3 is 4.57 Å². The minimum atomic E-state index is 0.621. The van der Waals surface area contributed by atoms with E-state index in [9.17, 15) is 0 Å².